The molecule has 0 saturated heterocycles. The van der Waals surface area contributed by atoms with Gasteiger partial charge in [-0.1, -0.05) is 66.2 Å². The van der Waals surface area contributed by atoms with Crippen molar-refractivity contribution < 1.29 is 27.1 Å². The van der Waals surface area contributed by atoms with Gasteiger partial charge >= 0.3 is 0 Å². The molecule has 0 radical (unpaired) electrons. The SMILES string of the molecule is CCNC(=O)[C@H](Cc1ccccc1)N(Cc1ccccc1F)C(=O)CN(c1ccc(C)cc1)S(=O)(=O)c1ccc(OC)cc1. The zero-order chi connectivity index (χ0) is 31.7. The Bertz CT molecular complexity index is 1660. The maximum absolute atomic E-state index is 14.9. The molecule has 4 aromatic rings. The van der Waals surface area contributed by atoms with Crippen LogP contribution < -0.4 is 14.4 Å². The van der Waals surface area contributed by atoms with Gasteiger partial charge in [-0.2, -0.15) is 0 Å². The molecule has 4 aromatic carbocycles. The summed E-state index contributed by atoms with van der Waals surface area (Å²) >= 11 is 0. The second-order valence-electron chi connectivity index (χ2n) is 10.2. The van der Waals surface area contributed by atoms with E-state index < -0.39 is 40.2 Å². The Labute approximate surface area is 258 Å². The van der Waals surface area contributed by atoms with Gasteiger partial charge in [0.15, 0.2) is 0 Å². The van der Waals surface area contributed by atoms with E-state index in [4.69, 9.17) is 4.74 Å². The van der Waals surface area contributed by atoms with Gasteiger partial charge in [-0.05, 0) is 61.9 Å². The van der Waals surface area contributed by atoms with Crippen molar-refractivity contribution in [3.63, 3.8) is 0 Å². The Balaban J connectivity index is 1.80. The van der Waals surface area contributed by atoms with E-state index in [-0.39, 0.29) is 29.1 Å². The van der Waals surface area contributed by atoms with Gasteiger partial charge in [0, 0.05) is 25.1 Å². The third-order valence-corrected chi connectivity index (χ3v) is 8.96. The second-order valence-corrected chi connectivity index (χ2v) is 12.1. The molecule has 1 N–H and O–H groups in total. The highest BCUT2D eigenvalue weighted by atomic mass is 32.2. The molecule has 0 aliphatic heterocycles. The number of likely N-dealkylation sites (N-methyl/N-ethyl adjacent to an activating group) is 1. The molecule has 0 fully saturated rings. The van der Waals surface area contributed by atoms with Gasteiger partial charge in [-0.25, -0.2) is 12.8 Å². The highest BCUT2D eigenvalue weighted by molar-refractivity contribution is 7.92. The van der Waals surface area contributed by atoms with E-state index in [1.807, 2.05) is 37.3 Å². The number of halogens is 1. The smallest absolute Gasteiger partial charge is 0.264 e. The van der Waals surface area contributed by atoms with Crippen LogP contribution >= 0.6 is 0 Å². The highest BCUT2D eigenvalue weighted by Crippen LogP contribution is 2.27. The van der Waals surface area contributed by atoms with Gasteiger partial charge in [0.2, 0.25) is 11.8 Å². The van der Waals surface area contributed by atoms with Crippen molar-refractivity contribution >= 4 is 27.5 Å². The van der Waals surface area contributed by atoms with E-state index in [1.54, 1.807) is 43.3 Å². The number of anilines is 1. The molecule has 8 nitrogen and oxygen atoms in total. The lowest BCUT2D eigenvalue weighted by Gasteiger charge is -2.34. The van der Waals surface area contributed by atoms with E-state index in [2.05, 4.69) is 5.32 Å². The Kier molecular flexibility index (Phi) is 10.7. The van der Waals surface area contributed by atoms with Gasteiger partial charge in [0.1, 0.15) is 24.2 Å². The first-order chi connectivity index (χ1) is 21.1. The van der Waals surface area contributed by atoms with Gasteiger partial charge in [0.25, 0.3) is 10.0 Å². The first-order valence-corrected chi connectivity index (χ1v) is 15.7. The molecule has 0 aliphatic carbocycles. The number of carbonyl (C=O) groups excluding carboxylic acids is 2. The summed E-state index contributed by atoms with van der Waals surface area (Å²) < 4.78 is 49.3. The molecule has 0 aliphatic rings. The lowest BCUT2D eigenvalue weighted by molar-refractivity contribution is -0.140. The minimum atomic E-state index is -4.26. The van der Waals surface area contributed by atoms with Crippen LogP contribution in [0.4, 0.5) is 10.1 Å². The van der Waals surface area contributed by atoms with Crippen LogP contribution in [0, 0.1) is 12.7 Å². The summed E-state index contributed by atoms with van der Waals surface area (Å²) in [6, 6.07) is 26.7. The maximum Gasteiger partial charge on any atom is 0.264 e. The van der Waals surface area contributed by atoms with E-state index >= 15 is 0 Å². The number of rotatable bonds is 13. The fraction of sp³-hybridized carbons (Fsp3) is 0.235. The first kappa shape index (κ1) is 32.2. The van der Waals surface area contributed by atoms with Crippen molar-refractivity contribution in [2.75, 3.05) is 24.5 Å². The standard InChI is InChI=1S/C34H36FN3O5S/c1-4-36-34(40)32(22-26-10-6-5-7-11-26)37(23-27-12-8-9-13-31(27)35)33(39)24-38(28-16-14-25(2)15-17-28)44(41,42)30-20-18-29(43-3)19-21-30/h5-21,32H,4,22-24H2,1-3H3,(H,36,40)/t32-/m0/s1. The van der Waals surface area contributed by atoms with Crippen molar-refractivity contribution in [1.82, 2.24) is 10.2 Å². The maximum atomic E-state index is 14.9. The molecule has 2 amide bonds. The fourth-order valence-corrected chi connectivity index (χ4v) is 6.18. The summed E-state index contributed by atoms with van der Waals surface area (Å²) in [6.45, 7) is 3.07. The Morgan fingerprint density at radius 3 is 2.14 bits per heavy atom. The van der Waals surface area contributed by atoms with Gasteiger partial charge in [-0.3, -0.25) is 13.9 Å². The number of hydrogen-bond acceptors (Lipinski definition) is 5. The van der Waals surface area contributed by atoms with Crippen LogP contribution in [0.15, 0.2) is 108 Å². The second kappa shape index (κ2) is 14.7. The van der Waals surface area contributed by atoms with Crippen molar-refractivity contribution in [2.45, 2.75) is 37.8 Å². The minimum absolute atomic E-state index is 0.0445. The third kappa shape index (κ3) is 7.82. The molecule has 0 heterocycles. The molecule has 1 atom stereocenters. The fourth-order valence-electron chi connectivity index (χ4n) is 4.77. The highest BCUT2D eigenvalue weighted by Gasteiger charge is 2.34. The normalized spacial score (nSPS) is 11.8. The molecule has 44 heavy (non-hydrogen) atoms. The molecule has 0 spiro atoms. The minimum Gasteiger partial charge on any atom is -0.497 e. The quantitative estimate of drug-likeness (QED) is 0.225. The molecule has 0 saturated carbocycles. The van der Waals surface area contributed by atoms with Gasteiger partial charge < -0.3 is 15.0 Å². The van der Waals surface area contributed by atoms with Crippen LogP contribution in [0.5, 0.6) is 5.75 Å². The number of sulfonamides is 1. The summed E-state index contributed by atoms with van der Waals surface area (Å²) in [5.74, 6) is -1.16. The van der Waals surface area contributed by atoms with Crippen molar-refractivity contribution in [3.05, 3.63) is 126 Å². The van der Waals surface area contributed by atoms with Crippen LogP contribution in [-0.2, 0) is 32.6 Å². The first-order valence-electron chi connectivity index (χ1n) is 14.2. The molecule has 0 aromatic heterocycles. The van der Waals surface area contributed by atoms with E-state index in [1.165, 1.54) is 48.4 Å². The molecule has 10 heteroatoms. The number of carbonyl (C=O) groups is 2. The number of methoxy groups -OCH3 is 1. The zero-order valence-corrected chi connectivity index (χ0v) is 25.8. The largest absolute Gasteiger partial charge is 0.497 e. The van der Waals surface area contributed by atoms with Crippen LogP contribution in [-0.4, -0.2) is 51.4 Å². The number of nitrogens with one attached hydrogen (secondary N) is 1. The zero-order valence-electron chi connectivity index (χ0n) is 24.9. The number of nitrogens with zero attached hydrogens (tertiary/aromatic N) is 2. The molecule has 0 unspecified atom stereocenters. The van der Waals surface area contributed by atoms with Crippen molar-refractivity contribution in [1.29, 1.82) is 0 Å². The molecule has 4 rings (SSSR count). The topological polar surface area (TPSA) is 96.0 Å². The van der Waals surface area contributed by atoms with Gasteiger partial charge in [0.05, 0.1) is 17.7 Å². The summed E-state index contributed by atoms with van der Waals surface area (Å²) in [4.78, 5) is 29.0. The van der Waals surface area contributed by atoms with Crippen LogP contribution in [0.25, 0.3) is 0 Å². The van der Waals surface area contributed by atoms with Crippen LogP contribution in [0.3, 0.4) is 0 Å². The predicted molar refractivity (Wildman–Crippen MR) is 168 cm³/mol. The Morgan fingerprint density at radius 2 is 1.52 bits per heavy atom. The average molecular weight is 618 g/mol. The predicted octanol–water partition coefficient (Wildman–Crippen LogP) is 5.11. The van der Waals surface area contributed by atoms with E-state index in [9.17, 15) is 22.4 Å². The molecular formula is C34H36FN3O5S. The number of ether oxygens (including phenoxy) is 1. The summed E-state index contributed by atoms with van der Waals surface area (Å²) in [6.07, 6.45) is 0.141. The summed E-state index contributed by atoms with van der Waals surface area (Å²) in [5.41, 5.74) is 2.16. The third-order valence-electron chi connectivity index (χ3n) is 7.17. The molecule has 0 bridgehead atoms. The van der Waals surface area contributed by atoms with Crippen molar-refractivity contribution in [3.8, 4) is 5.75 Å². The summed E-state index contributed by atoms with van der Waals surface area (Å²) in [7, 11) is -2.78. The Morgan fingerprint density at radius 1 is 0.886 bits per heavy atom. The van der Waals surface area contributed by atoms with E-state index in [0.717, 1.165) is 15.4 Å². The lowest BCUT2D eigenvalue weighted by atomic mass is 10.0. The summed E-state index contributed by atoms with van der Waals surface area (Å²) in [5, 5.41) is 2.79. The monoisotopic (exact) mass is 617 g/mol. The lowest BCUT2D eigenvalue weighted by Crippen LogP contribution is -2.53. The van der Waals surface area contributed by atoms with Crippen LogP contribution in [0.2, 0.25) is 0 Å². The van der Waals surface area contributed by atoms with Gasteiger partial charge in [-0.15, -0.1) is 0 Å². The molecule has 230 valence electrons. The number of benzene rings is 4. The average Bonchev–Trinajstić information content (AvgIpc) is 3.03. The Hall–Kier alpha value is -4.70. The number of amides is 2. The number of aryl methyl sites for hydroxylation is 1. The van der Waals surface area contributed by atoms with Crippen molar-refractivity contribution in [2.24, 2.45) is 0 Å². The molecular weight excluding hydrogens is 581 g/mol. The van der Waals surface area contributed by atoms with E-state index in [0.29, 0.717) is 12.3 Å². The van der Waals surface area contributed by atoms with Crippen LogP contribution in [0.1, 0.15) is 23.6 Å². The number of hydrogen-bond donors (Lipinski definition) is 1.